The van der Waals surface area contributed by atoms with Gasteiger partial charge in [-0.25, -0.2) is 9.59 Å². The third-order valence-electron chi connectivity index (χ3n) is 3.84. The van der Waals surface area contributed by atoms with Crippen molar-refractivity contribution in [2.75, 3.05) is 13.1 Å². The number of carbonyl (C=O) groups excluding carboxylic acids is 1. The van der Waals surface area contributed by atoms with Crippen LogP contribution in [0, 0.1) is 17.3 Å². The molecule has 1 heterocycles. The summed E-state index contributed by atoms with van der Waals surface area (Å²) in [6.07, 6.45) is 0.998. The molecule has 1 saturated heterocycles. The fourth-order valence-corrected chi connectivity index (χ4v) is 2.38. The van der Waals surface area contributed by atoms with Crippen LogP contribution in [0.25, 0.3) is 0 Å². The van der Waals surface area contributed by atoms with Crippen molar-refractivity contribution in [1.29, 1.82) is 0 Å². The normalized spacial score (nSPS) is 21.6. The van der Waals surface area contributed by atoms with Crippen molar-refractivity contribution >= 4 is 12.0 Å². The Kier molecular flexibility index (Phi) is 4.82. The lowest BCUT2D eigenvalue weighted by molar-refractivity contribution is -0.142. The quantitative estimate of drug-likeness (QED) is 0.825. The van der Waals surface area contributed by atoms with E-state index in [1.165, 1.54) is 0 Å². The predicted octanol–water partition coefficient (Wildman–Crippen LogP) is 2.17. The highest BCUT2D eigenvalue weighted by atomic mass is 16.4. The second kappa shape index (κ2) is 5.80. The lowest BCUT2D eigenvalue weighted by Crippen LogP contribution is -2.53. The number of carboxylic acids is 1. The molecule has 0 aromatic rings. The number of hydrogen-bond donors (Lipinski definition) is 2. The van der Waals surface area contributed by atoms with Crippen LogP contribution in [0.1, 0.15) is 41.0 Å². The highest BCUT2D eigenvalue weighted by molar-refractivity contribution is 5.83. The average Bonchev–Trinajstić information content (AvgIpc) is 2.72. The summed E-state index contributed by atoms with van der Waals surface area (Å²) >= 11 is 0. The number of urea groups is 1. The van der Waals surface area contributed by atoms with Gasteiger partial charge in [0.15, 0.2) is 0 Å². The van der Waals surface area contributed by atoms with E-state index in [2.05, 4.69) is 19.2 Å². The number of carbonyl (C=O) groups is 2. The zero-order valence-electron chi connectivity index (χ0n) is 12.6. The van der Waals surface area contributed by atoms with Crippen LogP contribution in [0.2, 0.25) is 0 Å². The summed E-state index contributed by atoms with van der Waals surface area (Å²) < 4.78 is 0. The van der Waals surface area contributed by atoms with E-state index in [9.17, 15) is 14.7 Å². The number of nitrogens with zero attached hydrogens (tertiary/aromatic N) is 1. The van der Waals surface area contributed by atoms with E-state index in [1.54, 1.807) is 4.90 Å². The molecule has 1 fully saturated rings. The molecule has 5 heteroatoms. The largest absolute Gasteiger partial charge is 0.480 e. The standard InChI is InChI=1S/C14H26N2O3/c1-9(2)10-6-7-16(8-10)13(19)15-11(12(17)18)14(3,4)5/h9-11H,6-8H2,1-5H3,(H,15,19)(H,17,18)/t10?,11-/m1/s1. The molecule has 19 heavy (non-hydrogen) atoms. The Labute approximate surface area is 115 Å². The maximum absolute atomic E-state index is 12.1. The SMILES string of the molecule is CC(C)C1CCN(C(=O)N[C@H](C(=O)O)C(C)(C)C)C1. The minimum atomic E-state index is -0.986. The molecule has 1 rings (SSSR count). The summed E-state index contributed by atoms with van der Waals surface area (Å²) in [5, 5.41) is 11.9. The Hall–Kier alpha value is -1.26. The summed E-state index contributed by atoms with van der Waals surface area (Å²) in [5.41, 5.74) is -0.501. The van der Waals surface area contributed by atoms with E-state index in [1.807, 2.05) is 20.8 Å². The molecule has 5 nitrogen and oxygen atoms in total. The molecule has 110 valence electrons. The minimum Gasteiger partial charge on any atom is -0.480 e. The zero-order chi connectivity index (χ0) is 14.8. The van der Waals surface area contributed by atoms with E-state index >= 15 is 0 Å². The fraction of sp³-hybridized carbons (Fsp3) is 0.857. The van der Waals surface area contributed by atoms with Crippen molar-refractivity contribution in [3.63, 3.8) is 0 Å². The Bertz CT molecular complexity index is 347. The van der Waals surface area contributed by atoms with Crippen LogP contribution in [-0.2, 0) is 4.79 Å². The van der Waals surface area contributed by atoms with E-state index < -0.39 is 17.4 Å². The summed E-state index contributed by atoms with van der Waals surface area (Å²) in [6, 6.07) is -1.12. The van der Waals surface area contributed by atoms with Crippen molar-refractivity contribution < 1.29 is 14.7 Å². The van der Waals surface area contributed by atoms with E-state index in [-0.39, 0.29) is 6.03 Å². The summed E-state index contributed by atoms with van der Waals surface area (Å²) in [6.45, 7) is 11.2. The highest BCUT2D eigenvalue weighted by Crippen LogP contribution is 2.24. The predicted molar refractivity (Wildman–Crippen MR) is 73.9 cm³/mol. The van der Waals surface area contributed by atoms with Gasteiger partial charge < -0.3 is 15.3 Å². The molecule has 0 aliphatic carbocycles. The monoisotopic (exact) mass is 270 g/mol. The number of amides is 2. The third-order valence-corrected chi connectivity index (χ3v) is 3.84. The fourth-order valence-electron chi connectivity index (χ4n) is 2.38. The van der Waals surface area contributed by atoms with Crippen LogP contribution < -0.4 is 5.32 Å². The number of likely N-dealkylation sites (tertiary alicyclic amines) is 1. The molecule has 0 aromatic heterocycles. The Morgan fingerprint density at radius 1 is 1.32 bits per heavy atom. The van der Waals surface area contributed by atoms with Crippen molar-refractivity contribution in [2.24, 2.45) is 17.3 Å². The van der Waals surface area contributed by atoms with Gasteiger partial charge in [-0.1, -0.05) is 34.6 Å². The van der Waals surface area contributed by atoms with Crippen LogP contribution in [-0.4, -0.2) is 41.1 Å². The van der Waals surface area contributed by atoms with Gasteiger partial charge in [0.25, 0.3) is 0 Å². The van der Waals surface area contributed by atoms with Gasteiger partial charge in [0.1, 0.15) is 6.04 Å². The molecule has 2 atom stereocenters. The van der Waals surface area contributed by atoms with Gasteiger partial charge in [-0.3, -0.25) is 0 Å². The molecule has 2 N–H and O–H groups in total. The maximum Gasteiger partial charge on any atom is 0.326 e. The van der Waals surface area contributed by atoms with Crippen LogP contribution in [0.5, 0.6) is 0 Å². The highest BCUT2D eigenvalue weighted by Gasteiger charge is 2.35. The Balaban J connectivity index is 2.62. The summed E-state index contributed by atoms with van der Waals surface area (Å²) in [7, 11) is 0. The molecule has 0 bridgehead atoms. The van der Waals surface area contributed by atoms with Crippen LogP contribution in [0.3, 0.4) is 0 Å². The van der Waals surface area contributed by atoms with Crippen molar-refractivity contribution in [1.82, 2.24) is 10.2 Å². The van der Waals surface area contributed by atoms with E-state index in [0.29, 0.717) is 18.4 Å². The van der Waals surface area contributed by atoms with Crippen LogP contribution in [0.4, 0.5) is 4.79 Å². The lowest BCUT2D eigenvalue weighted by atomic mass is 9.87. The smallest absolute Gasteiger partial charge is 0.326 e. The molecule has 0 aromatic carbocycles. The average molecular weight is 270 g/mol. The first-order chi connectivity index (χ1) is 8.62. The number of nitrogens with one attached hydrogen (secondary N) is 1. The van der Waals surface area contributed by atoms with Gasteiger partial charge in [-0.15, -0.1) is 0 Å². The second-order valence-corrected chi connectivity index (χ2v) is 6.83. The molecular formula is C14H26N2O3. The molecule has 1 unspecified atom stereocenters. The summed E-state index contributed by atoms with van der Waals surface area (Å²) in [5.74, 6) is 0.0832. The second-order valence-electron chi connectivity index (χ2n) is 6.83. The molecule has 0 spiro atoms. The first-order valence-corrected chi connectivity index (χ1v) is 6.91. The maximum atomic E-state index is 12.1. The Morgan fingerprint density at radius 2 is 1.89 bits per heavy atom. The molecule has 0 saturated carbocycles. The van der Waals surface area contributed by atoms with Crippen molar-refractivity contribution in [2.45, 2.75) is 47.1 Å². The van der Waals surface area contributed by atoms with E-state index in [0.717, 1.165) is 13.0 Å². The van der Waals surface area contributed by atoms with Gasteiger partial charge >= 0.3 is 12.0 Å². The van der Waals surface area contributed by atoms with Gasteiger partial charge in [-0.05, 0) is 23.7 Å². The van der Waals surface area contributed by atoms with Gasteiger partial charge in [0, 0.05) is 13.1 Å². The Morgan fingerprint density at radius 3 is 2.26 bits per heavy atom. The van der Waals surface area contributed by atoms with Gasteiger partial charge in [0.05, 0.1) is 0 Å². The molecule has 0 radical (unpaired) electrons. The topological polar surface area (TPSA) is 69.6 Å². The van der Waals surface area contributed by atoms with E-state index in [4.69, 9.17) is 0 Å². The number of hydrogen-bond acceptors (Lipinski definition) is 2. The lowest BCUT2D eigenvalue weighted by Gasteiger charge is -2.29. The number of aliphatic carboxylic acids is 1. The molecular weight excluding hydrogens is 244 g/mol. The first kappa shape index (κ1) is 15.8. The molecule has 2 amide bonds. The summed E-state index contributed by atoms with van der Waals surface area (Å²) in [4.78, 5) is 25.1. The molecule has 1 aliphatic heterocycles. The van der Waals surface area contributed by atoms with Crippen molar-refractivity contribution in [3.05, 3.63) is 0 Å². The minimum absolute atomic E-state index is 0.259. The number of carboxylic acid groups (broad SMARTS) is 1. The van der Waals surface area contributed by atoms with Gasteiger partial charge in [-0.2, -0.15) is 0 Å². The third kappa shape index (κ3) is 4.11. The zero-order valence-corrected chi connectivity index (χ0v) is 12.6. The van der Waals surface area contributed by atoms with Crippen molar-refractivity contribution in [3.8, 4) is 0 Å². The van der Waals surface area contributed by atoms with Crippen LogP contribution >= 0.6 is 0 Å². The van der Waals surface area contributed by atoms with Crippen LogP contribution in [0.15, 0.2) is 0 Å². The van der Waals surface area contributed by atoms with Gasteiger partial charge in [0.2, 0.25) is 0 Å². The number of rotatable bonds is 3. The first-order valence-electron chi connectivity index (χ1n) is 6.91. The molecule has 1 aliphatic rings.